The predicted molar refractivity (Wildman–Crippen MR) is 73.4 cm³/mol. The second-order valence-electron chi connectivity index (χ2n) is 5.55. The van der Waals surface area contributed by atoms with Crippen molar-refractivity contribution >= 4 is 0 Å². The summed E-state index contributed by atoms with van der Waals surface area (Å²) in [6.45, 7) is 12.6. The summed E-state index contributed by atoms with van der Waals surface area (Å²) in [7, 11) is 0. The molecular formula is C15H25NO. The quantitative estimate of drug-likeness (QED) is 0.842. The van der Waals surface area contributed by atoms with Crippen LogP contribution in [0, 0.1) is 5.41 Å². The number of benzene rings is 1. The zero-order valence-corrected chi connectivity index (χ0v) is 11.7. The Kier molecular flexibility index (Phi) is 5.01. The molecule has 1 atom stereocenters. The van der Waals surface area contributed by atoms with Crippen molar-refractivity contribution in [3.05, 3.63) is 29.8 Å². The molecule has 2 heteroatoms. The van der Waals surface area contributed by atoms with Gasteiger partial charge in [-0.2, -0.15) is 0 Å². The van der Waals surface area contributed by atoms with Gasteiger partial charge in [0.2, 0.25) is 0 Å². The molecule has 1 rings (SSSR count). The summed E-state index contributed by atoms with van der Waals surface area (Å²) in [6, 6.07) is 8.79. The molecule has 1 aromatic rings. The normalized spacial score (nSPS) is 13.5. The third-order valence-electron chi connectivity index (χ3n) is 3.15. The van der Waals surface area contributed by atoms with E-state index in [9.17, 15) is 0 Å². The second-order valence-corrected chi connectivity index (χ2v) is 5.55. The number of hydrogen-bond acceptors (Lipinski definition) is 2. The SMILES string of the molecule is CCOc1ccc(CNC(C)C(C)(C)C)cc1. The molecule has 0 radical (unpaired) electrons. The molecule has 0 fully saturated rings. The van der Waals surface area contributed by atoms with E-state index >= 15 is 0 Å². The summed E-state index contributed by atoms with van der Waals surface area (Å²) in [4.78, 5) is 0. The van der Waals surface area contributed by atoms with E-state index in [1.54, 1.807) is 0 Å². The third-order valence-corrected chi connectivity index (χ3v) is 3.15. The summed E-state index contributed by atoms with van der Waals surface area (Å²) in [6.07, 6.45) is 0. The number of hydrogen-bond donors (Lipinski definition) is 1. The van der Waals surface area contributed by atoms with Crippen molar-refractivity contribution < 1.29 is 4.74 Å². The highest BCUT2D eigenvalue weighted by Gasteiger charge is 2.18. The van der Waals surface area contributed by atoms with Crippen molar-refractivity contribution in [3.63, 3.8) is 0 Å². The first-order valence-corrected chi connectivity index (χ1v) is 6.38. The van der Waals surface area contributed by atoms with Gasteiger partial charge in [0.25, 0.3) is 0 Å². The molecule has 96 valence electrons. The molecule has 1 aromatic carbocycles. The monoisotopic (exact) mass is 235 g/mol. The minimum Gasteiger partial charge on any atom is -0.494 e. The lowest BCUT2D eigenvalue weighted by atomic mass is 9.88. The Labute approximate surface area is 105 Å². The minimum atomic E-state index is 0.297. The lowest BCUT2D eigenvalue weighted by molar-refractivity contribution is 0.285. The van der Waals surface area contributed by atoms with Gasteiger partial charge in [-0.1, -0.05) is 32.9 Å². The Balaban J connectivity index is 2.47. The molecule has 0 aliphatic heterocycles. The lowest BCUT2D eigenvalue weighted by Gasteiger charge is -2.28. The van der Waals surface area contributed by atoms with Gasteiger partial charge in [0, 0.05) is 12.6 Å². The zero-order valence-electron chi connectivity index (χ0n) is 11.7. The Bertz CT molecular complexity index is 324. The van der Waals surface area contributed by atoms with Crippen LogP contribution in [0.1, 0.15) is 40.2 Å². The molecular weight excluding hydrogens is 210 g/mol. The molecule has 0 saturated carbocycles. The maximum absolute atomic E-state index is 5.42. The maximum atomic E-state index is 5.42. The first-order chi connectivity index (χ1) is 7.93. The van der Waals surface area contributed by atoms with Crippen LogP contribution >= 0.6 is 0 Å². The summed E-state index contributed by atoms with van der Waals surface area (Å²) in [5, 5.41) is 3.55. The number of rotatable bonds is 5. The van der Waals surface area contributed by atoms with Crippen LogP contribution < -0.4 is 10.1 Å². The van der Waals surface area contributed by atoms with Crippen LogP contribution in [0.15, 0.2) is 24.3 Å². The summed E-state index contributed by atoms with van der Waals surface area (Å²) >= 11 is 0. The van der Waals surface area contributed by atoms with Gasteiger partial charge in [-0.15, -0.1) is 0 Å². The molecule has 1 unspecified atom stereocenters. The van der Waals surface area contributed by atoms with E-state index in [0.717, 1.165) is 18.9 Å². The Hall–Kier alpha value is -1.02. The molecule has 0 aliphatic carbocycles. The molecule has 2 nitrogen and oxygen atoms in total. The van der Waals surface area contributed by atoms with Crippen LogP contribution in [0.3, 0.4) is 0 Å². The molecule has 0 amide bonds. The molecule has 0 bridgehead atoms. The van der Waals surface area contributed by atoms with Crippen molar-refractivity contribution in [2.45, 2.75) is 47.2 Å². The van der Waals surface area contributed by atoms with Crippen LogP contribution in [-0.4, -0.2) is 12.6 Å². The summed E-state index contributed by atoms with van der Waals surface area (Å²) in [5.41, 5.74) is 1.59. The van der Waals surface area contributed by atoms with Gasteiger partial charge in [-0.3, -0.25) is 0 Å². The van der Waals surface area contributed by atoms with Gasteiger partial charge < -0.3 is 10.1 Å². The summed E-state index contributed by atoms with van der Waals surface area (Å²) < 4.78 is 5.42. The molecule has 0 aromatic heterocycles. The Morgan fingerprint density at radius 1 is 1.18 bits per heavy atom. The second kappa shape index (κ2) is 6.06. The van der Waals surface area contributed by atoms with Gasteiger partial charge in [0.05, 0.1) is 6.61 Å². The smallest absolute Gasteiger partial charge is 0.119 e. The van der Waals surface area contributed by atoms with E-state index in [1.807, 2.05) is 19.1 Å². The maximum Gasteiger partial charge on any atom is 0.119 e. The number of nitrogens with one attached hydrogen (secondary N) is 1. The lowest BCUT2D eigenvalue weighted by Crippen LogP contribution is -2.37. The van der Waals surface area contributed by atoms with Crippen LogP contribution in [0.25, 0.3) is 0 Å². The highest BCUT2D eigenvalue weighted by atomic mass is 16.5. The van der Waals surface area contributed by atoms with Gasteiger partial charge >= 0.3 is 0 Å². The van der Waals surface area contributed by atoms with E-state index in [-0.39, 0.29) is 0 Å². The highest BCUT2D eigenvalue weighted by Crippen LogP contribution is 2.19. The fraction of sp³-hybridized carbons (Fsp3) is 0.600. The van der Waals surface area contributed by atoms with Crippen LogP contribution in [0.2, 0.25) is 0 Å². The van der Waals surface area contributed by atoms with E-state index in [2.05, 4.69) is 45.1 Å². The largest absolute Gasteiger partial charge is 0.494 e. The van der Waals surface area contributed by atoms with Crippen LogP contribution in [-0.2, 0) is 6.54 Å². The summed E-state index contributed by atoms with van der Waals surface area (Å²) in [5.74, 6) is 0.945. The van der Waals surface area contributed by atoms with Crippen molar-refractivity contribution in [1.29, 1.82) is 0 Å². The van der Waals surface area contributed by atoms with Crippen molar-refractivity contribution in [1.82, 2.24) is 5.32 Å². The predicted octanol–water partition coefficient (Wildman–Crippen LogP) is 3.61. The fourth-order valence-corrected chi connectivity index (χ4v) is 1.45. The molecule has 0 heterocycles. The van der Waals surface area contributed by atoms with Gasteiger partial charge in [0.15, 0.2) is 0 Å². The number of ether oxygens (including phenoxy) is 1. The average Bonchev–Trinajstić information content (AvgIpc) is 2.27. The zero-order chi connectivity index (χ0) is 12.9. The van der Waals surface area contributed by atoms with E-state index in [4.69, 9.17) is 4.74 Å². The van der Waals surface area contributed by atoms with Gasteiger partial charge in [-0.25, -0.2) is 0 Å². The molecule has 0 saturated heterocycles. The van der Waals surface area contributed by atoms with Crippen molar-refractivity contribution in [3.8, 4) is 5.75 Å². The van der Waals surface area contributed by atoms with Gasteiger partial charge in [0.1, 0.15) is 5.75 Å². The van der Waals surface area contributed by atoms with E-state index in [1.165, 1.54) is 5.56 Å². The molecule has 0 aliphatic rings. The first-order valence-electron chi connectivity index (χ1n) is 6.38. The average molecular weight is 235 g/mol. The standard InChI is InChI=1S/C15H25NO/c1-6-17-14-9-7-13(8-10-14)11-16-12(2)15(3,4)5/h7-10,12,16H,6,11H2,1-5H3. The van der Waals surface area contributed by atoms with Gasteiger partial charge in [-0.05, 0) is 37.0 Å². The first kappa shape index (κ1) is 14.0. The van der Waals surface area contributed by atoms with Crippen molar-refractivity contribution in [2.75, 3.05) is 6.61 Å². The molecule has 0 spiro atoms. The Morgan fingerprint density at radius 3 is 2.24 bits per heavy atom. The topological polar surface area (TPSA) is 21.3 Å². The minimum absolute atomic E-state index is 0.297. The van der Waals surface area contributed by atoms with Crippen molar-refractivity contribution in [2.24, 2.45) is 5.41 Å². The van der Waals surface area contributed by atoms with E-state index in [0.29, 0.717) is 11.5 Å². The van der Waals surface area contributed by atoms with E-state index < -0.39 is 0 Å². The fourth-order valence-electron chi connectivity index (χ4n) is 1.45. The van der Waals surface area contributed by atoms with Crippen LogP contribution in [0.4, 0.5) is 0 Å². The highest BCUT2D eigenvalue weighted by molar-refractivity contribution is 5.27. The molecule has 17 heavy (non-hydrogen) atoms. The third kappa shape index (κ3) is 4.78. The van der Waals surface area contributed by atoms with Crippen LogP contribution in [0.5, 0.6) is 5.75 Å². The molecule has 1 N–H and O–H groups in total. The Morgan fingerprint density at radius 2 is 1.76 bits per heavy atom.